The van der Waals surface area contributed by atoms with E-state index in [1.54, 1.807) is 0 Å². The molecule has 0 spiro atoms. The molecule has 4 rings (SSSR count). The van der Waals surface area contributed by atoms with Crippen molar-refractivity contribution < 1.29 is 10.2 Å². The lowest BCUT2D eigenvalue weighted by molar-refractivity contribution is -0.121. The number of fused-ring (bicyclic) bond motifs is 1. The minimum absolute atomic E-state index is 0.0934. The predicted octanol–water partition coefficient (Wildman–Crippen LogP) is 5.19. The fourth-order valence-corrected chi connectivity index (χ4v) is 8.07. The molecule has 0 aromatic carbocycles. The van der Waals surface area contributed by atoms with E-state index in [4.69, 9.17) is 5.73 Å². The number of allylic oxidation sites excluding steroid dienone is 1. The number of hydrogen-bond donors (Lipinski definition) is 3. The first-order chi connectivity index (χ1) is 13.8. The number of aliphatic hydroxyl groups is 2. The van der Waals surface area contributed by atoms with Crippen LogP contribution in [-0.4, -0.2) is 28.5 Å². The summed E-state index contributed by atoms with van der Waals surface area (Å²) in [5.74, 6) is 1.79. The van der Waals surface area contributed by atoms with Crippen molar-refractivity contribution in [3.8, 4) is 0 Å². The Bertz CT molecular complexity index is 600. The second-order valence-electron chi connectivity index (χ2n) is 11.7. The summed E-state index contributed by atoms with van der Waals surface area (Å²) in [6.07, 6.45) is 14.4. The Morgan fingerprint density at radius 2 is 1.72 bits per heavy atom. The molecule has 0 radical (unpaired) electrons. The minimum atomic E-state index is -0.235. The van der Waals surface area contributed by atoms with Crippen LogP contribution in [0, 0.1) is 34.5 Å². The molecule has 0 saturated heterocycles. The lowest BCUT2D eigenvalue weighted by atomic mass is 9.51. The molecule has 29 heavy (non-hydrogen) atoms. The minimum Gasteiger partial charge on any atom is -0.393 e. The van der Waals surface area contributed by atoms with E-state index in [9.17, 15) is 10.2 Å². The van der Waals surface area contributed by atoms with E-state index in [0.717, 1.165) is 51.4 Å². The van der Waals surface area contributed by atoms with Gasteiger partial charge in [0.2, 0.25) is 0 Å². The van der Waals surface area contributed by atoms with Crippen molar-refractivity contribution >= 4 is 0 Å². The summed E-state index contributed by atoms with van der Waals surface area (Å²) in [4.78, 5) is 0. The van der Waals surface area contributed by atoms with E-state index in [0.29, 0.717) is 23.7 Å². The highest BCUT2D eigenvalue weighted by molar-refractivity contribution is 5.21. The summed E-state index contributed by atoms with van der Waals surface area (Å²) in [6, 6.07) is 0.252. The van der Waals surface area contributed by atoms with E-state index in [1.165, 1.54) is 37.7 Å². The monoisotopic (exact) mass is 403 g/mol. The third-order valence-corrected chi connectivity index (χ3v) is 10.3. The Balaban J connectivity index is 1.52. The SMILES string of the molecule is C=C1CCC2[C@@H](O)C([C@@]3(C)CC[C@H](O)C[C@@H]3CC(N)C3CCCCC3)CC[C@@]12C. The van der Waals surface area contributed by atoms with Crippen LogP contribution in [0.1, 0.15) is 97.3 Å². The number of hydrogen-bond acceptors (Lipinski definition) is 3. The maximum Gasteiger partial charge on any atom is 0.0610 e. The molecule has 8 atom stereocenters. The lowest BCUT2D eigenvalue weighted by Gasteiger charge is -2.56. The summed E-state index contributed by atoms with van der Waals surface area (Å²) in [6.45, 7) is 9.13. The van der Waals surface area contributed by atoms with Gasteiger partial charge in [0.05, 0.1) is 12.2 Å². The maximum atomic E-state index is 11.6. The molecule has 166 valence electrons. The molecule has 0 amide bonds. The van der Waals surface area contributed by atoms with Crippen molar-refractivity contribution in [2.24, 2.45) is 40.2 Å². The third kappa shape index (κ3) is 3.85. The van der Waals surface area contributed by atoms with Crippen molar-refractivity contribution in [1.29, 1.82) is 0 Å². The van der Waals surface area contributed by atoms with Crippen LogP contribution in [0.4, 0.5) is 0 Å². The number of nitrogens with two attached hydrogens (primary N) is 1. The summed E-state index contributed by atoms with van der Waals surface area (Å²) in [5.41, 5.74) is 8.37. The zero-order valence-corrected chi connectivity index (χ0v) is 18.9. The summed E-state index contributed by atoms with van der Waals surface area (Å²) >= 11 is 0. The topological polar surface area (TPSA) is 66.5 Å². The molecule has 4 aliphatic carbocycles. The molecule has 0 aromatic heterocycles. The first kappa shape index (κ1) is 21.8. The second kappa shape index (κ2) is 8.28. The van der Waals surface area contributed by atoms with Gasteiger partial charge in [-0.3, -0.25) is 0 Å². The standard InChI is InChI=1S/C26H45NO2/c1-17-9-10-21-24(29)22(12-14-25(17,21)2)26(3)13-11-20(28)15-19(26)16-23(27)18-7-5-4-6-8-18/h18-24,28-29H,1,4-16,27H2,2-3H3/t19-,20+,21?,22?,23?,24-,25+,26+/m1/s1. The molecule has 0 aliphatic heterocycles. The molecular formula is C26H45NO2. The molecular weight excluding hydrogens is 358 g/mol. The van der Waals surface area contributed by atoms with E-state index in [1.807, 2.05) is 0 Å². The molecule has 0 heterocycles. The molecule has 4 aliphatic rings. The van der Waals surface area contributed by atoms with Gasteiger partial charge in [-0.05, 0) is 98.7 Å². The van der Waals surface area contributed by atoms with Gasteiger partial charge in [0.15, 0.2) is 0 Å². The van der Waals surface area contributed by atoms with Crippen molar-refractivity contribution in [2.45, 2.75) is 116 Å². The molecule has 3 nitrogen and oxygen atoms in total. The van der Waals surface area contributed by atoms with E-state index >= 15 is 0 Å². The quantitative estimate of drug-likeness (QED) is 0.566. The van der Waals surface area contributed by atoms with Crippen LogP contribution in [0.15, 0.2) is 12.2 Å². The molecule has 4 saturated carbocycles. The fraction of sp³-hybridized carbons (Fsp3) is 0.923. The van der Waals surface area contributed by atoms with Crippen LogP contribution in [0.5, 0.6) is 0 Å². The first-order valence-corrected chi connectivity index (χ1v) is 12.6. The molecule has 0 bridgehead atoms. The van der Waals surface area contributed by atoms with Gasteiger partial charge in [-0.15, -0.1) is 0 Å². The van der Waals surface area contributed by atoms with Crippen LogP contribution in [-0.2, 0) is 0 Å². The Morgan fingerprint density at radius 3 is 2.45 bits per heavy atom. The molecule has 3 heteroatoms. The highest BCUT2D eigenvalue weighted by atomic mass is 16.3. The second-order valence-corrected chi connectivity index (χ2v) is 11.7. The largest absolute Gasteiger partial charge is 0.393 e. The third-order valence-electron chi connectivity index (χ3n) is 10.3. The summed E-state index contributed by atoms with van der Waals surface area (Å²) < 4.78 is 0. The highest BCUT2D eigenvalue weighted by Gasteiger charge is 2.56. The Labute approximate surface area is 178 Å². The van der Waals surface area contributed by atoms with Gasteiger partial charge in [0.25, 0.3) is 0 Å². The van der Waals surface area contributed by atoms with Crippen molar-refractivity contribution in [2.75, 3.05) is 0 Å². The van der Waals surface area contributed by atoms with Gasteiger partial charge < -0.3 is 15.9 Å². The first-order valence-electron chi connectivity index (χ1n) is 12.6. The van der Waals surface area contributed by atoms with Crippen molar-refractivity contribution in [1.82, 2.24) is 0 Å². The van der Waals surface area contributed by atoms with Crippen molar-refractivity contribution in [3.63, 3.8) is 0 Å². The molecule has 4 N–H and O–H groups in total. The van der Waals surface area contributed by atoms with Gasteiger partial charge in [0.1, 0.15) is 0 Å². The number of aliphatic hydroxyl groups excluding tert-OH is 2. The van der Waals surface area contributed by atoms with Gasteiger partial charge >= 0.3 is 0 Å². The van der Waals surface area contributed by atoms with Crippen LogP contribution in [0.25, 0.3) is 0 Å². The number of rotatable bonds is 4. The zero-order valence-electron chi connectivity index (χ0n) is 18.9. The normalized spacial score (nSPS) is 47.8. The maximum absolute atomic E-state index is 11.6. The van der Waals surface area contributed by atoms with Gasteiger partial charge in [-0.1, -0.05) is 45.3 Å². The van der Waals surface area contributed by atoms with Crippen molar-refractivity contribution in [3.05, 3.63) is 12.2 Å². The van der Waals surface area contributed by atoms with Gasteiger partial charge in [-0.2, -0.15) is 0 Å². The van der Waals surface area contributed by atoms with Crippen LogP contribution in [0.2, 0.25) is 0 Å². The average Bonchev–Trinajstić information content (AvgIpc) is 3.01. The van der Waals surface area contributed by atoms with E-state index in [2.05, 4.69) is 20.4 Å². The molecule has 3 unspecified atom stereocenters. The zero-order chi connectivity index (χ0) is 20.8. The Morgan fingerprint density at radius 1 is 1.00 bits per heavy atom. The van der Waals surface area contributed by atoms with E-state index in [-0.39, 0.29) is 29.1 Å². The van der Waals surface area contributed by atoms with Crippen LogP contribution in [0.3, 0.4) is 0 Å². The Hall–Kier alpha value is -0.380. The molecule has 0 aromatic rings. The summed E-state index contributed by atoms with van der Waals surface area (Å²) in [5, 5.41) is 22.1. The highest BCUT2D eigenvalue weighted by Crippen LogP contribution is 2.61. The van der Waals surface area contributed by atoms with Gasteiger partial charge in [-0.25, -0.2) is 0 Å². The van der Waals surface area contributed by atoms with Crippen LogP contribution < -0.4 is 5.73 Å². The molecule has 4 fully saturated rings. The Kier molecular flexibility index (Phi) is 6.23. The summed E-state index contributed by atoms with van der Waals surface area (Å²) in [7, 11) is 0. The lowest BCUT2D eigenvalue weighted by Crippen LogP contribution is -2.53. The predicted molar refractivity (Wildman–Crippen MR) is 119 cm³/mol. The average molecular weight is 404 g/mol. The van der Waals surface area contributed by atoms with Crippen LogP contribution >= 0.6 is 0 Å². The smallest absolute Gasteiger partial charge is 0.0610 e. The fourth-order valence-electron chi connectivity index (χ4n) is 8.07. The van der Waals surface area contributed by atoms with E-state index < -0.39 is 0 Å². The van der Waals surface area contributed by atoms with Gasteiger partial charge in [0, 0.05) is 6.04 Å².